The fraction of sp³-hybridized carbons (Fsp3) is 0.533. The van der Waals surface area contributed by atoms with E-state index in [-0.39, 0.29) is 5.78 Å². The molecule has 0 amide bonds. The molecule has 1 aromatic carbocycles. The molecule has 0 saturated heterocycles. The average Bonchev–Trinajstić information content (AvgIpc) is 2.27. The number of rotatable bonds is 7. The second kappa shape index (κ2) is 7.47. The molecule has 0 aliphatic rings. The maximum absolute atomic E-state index is 11.9. The number of ketones is 1. The lowest BCUT2D eigenvalue weighted by atomic mass is 10.1. The largest absolute Gasteiger partial charge is 0.300 e. The van der Waals surface area contributed by atoms with Crippen LogP contribution in [0.1, 0.15) is 42.9 Å². The van der Waals surface area contributed by atoms with Crippen LogP contribution in [0.2, 0.25) is 0 Å². The van der Waals surface area contributed by atoms with Crippen molar-refractivity contribution in [2.24, 2.45) is 0 Å². The van der Waals surface area contributed by atoms with E-state index >= 15 is 0 Å². The summed E-state index contributed by atoms with van der Waals surface area (Å²) in [5.74, 6) is 1.49. The molecule has 18 heavy (non-hydrogen) atoms. The van der Waals surface area contributed by atoms with E-state index in [1.54, 1.807) is 0 Å². The molecule has 0 bridgehead atoms. The van der Waals surface area contributed by atoms with Crippen molar-refractivity contribution < 1.29 is 9.00 Å². The average molecular weight is 266 g/mol. The molecular weight excluding hydrogens is 244 g/mol. The minimum absolute atomic E-state index is 0.262. The lowest BCUT2D eigenvalue weighted by molar-refractivity contribution is -0.118. The molecule has 0 heterocycles. The Morgan fingerprint density at radius 3 is 2.33 bits per heavy atom. The van der Waals surface area contributed by atoms with Crippen molar-refractivity contribution in [3.63, 3.8) is 0 Å². The van der Waals surface area contributed by atoms with Gasteiger partial charge in [0.15, 0.2) is 0 Å². The quantitative estimate of drug-likeness (QED) is 0.758. The van der Waals surface area contributed by atoms with Gasteiger partial charge in [0.2, 0.25) is 0 Å². The van der Waals surface area contributed by atoms with Crippen molar-refractivity contribution in [1.29, 1.82) is 0 Å². The Kier molecular flexibility index (Phi) is 6.27. The zero-order valence-electron chi connectivity index (χ0n) is 11.5. The smallest absolute Gasteiger partial charge is 0.132 e. The summed E-state index contributed by atoms with van der Waals surface area (Å²) in [6.07, 6.45) is 1.89. The maximum Gasteiger partial charge on any atom is 0.132 e. The van der Waals surface area contributed by atoms with Crippen molar-refractivity contribution in [1.82, 2.24) is 0 Å². The molecule has 0 aliphatic heterocycles. The summed E-state index contributed by atoms with van der Waals surface area (Å²) in [5.41, 5.74) is 3.55. The topological polar surface area (TPSA) is 34.1 Å². The standard InChI is InChI=1S/C15H22O2S/c1-4-15(16)6-5-7-18(17)11-14-9-12(2)8-13(3)10-14/h8-10H,4-7,11H2,1-3H3. The molecule has 0 radical (unpaired) electrons. The number of aryl methyl sites for hydroxylation is 2. The molecule has 2 nitrogen and oxygen atoms in total. The van der Waals surface area contributed by atoms with Crippen LogP contribution in [0.15, 0.2) is 18.2 Å². The van der Waals surface area contributed by atoms with Crippen LogP contribution in [0.5, 0.6) is 0 Å². The van der Waals surface area contributed by atoms with Crippen LogP contribution >= 0.6 is 0 Å². The monoisotopic (exact) mass is 266 g/mol. The third-order valence-corrected chi connectivity index (χ3v) is 4.23. The van der Waals surface area contributed by atoms with Gasteiger partial charge < -0.3 is 0 Å². The van der Waals surface area contributed by atoms with Gasteiger partial charge in [-0.3, -0.25) is 9.00 Å². The van der Waals surface area contributed by atoms with Gasteiger partial charge in [-0.15, -0.1) is 0 Å². The Morgan fingerprint density at radius 1 is 1.17 bits per heavy atom. The van der Waals surface area contributed by atoms with E-state index in [1.165, 1.54) is 11.1 Å². The van der Waals surface area contributed by atoms with Crippen LogP contribution in [0.25, 0.3) is 0 Å². The lowest BCUT2D eigenvalue weighted by Crippen LogP contribution is -2.04. The van der Waals surface area contributed by atoms with E-state index < -0.39 is 10.8 Å². The van der Waals surface area contributed by atoms with E-state index in [1.807, 2.05) is 6.92 Å². The number of hydrogen-bond acceptors (Lipinski definition) is 2. The Hall–Kier alpha value is -0.960. The number of carbonyl (C=O) groups is 1. The van der Waals surface area contributed by atoms with E-state index in [4.69, 9.17) is 0 Å². The summed E-state index contributed by atoms with van der Waals surface area (Å²) in [4.78, 5) is 11.1. The normalized spacial score (nSPS) is 12.4. The SMILES string of the molecule is CCC(=O)CCCS(=O)Cc1cc(C)cc(C)c1. The summed E-state index contributed by atoms with van der Waals surface area (Å²) < 4.78 is 11.9. The van der Waals surface area contributed by atoms with E-state index in [0.717, 1.165) is 12.0 Å². The summed E-state index contributed by atoms with van der Waals surface area (Å²) >= 11 is 0. The van der Waals surface area contributed by atoms with Gasteiger partial charge in [0, 0.05) is 35.1 Å². The minimum Gasteiger partial charge on any atom is -0.300 e. The molecule has 1 aromatic rings. The highest BCUT2D eigenvalue weighted by Crippen LogP contribution is 2.11. The van der Waals surface area contributed by atoms with Crippen LogP contribution in [-0.2, 0) is 21.3 Å². The molecule has 100 valence electrons. The van der Waals surface area contributed by atoms with Crippen LogP contribution in [0, 0.1) is 13.8 Å². The highest BCUT2D eigenvalue weighted by Gasteiger charge is 2.05. The van der Waals surface area contributed by atoms with E-state index in [9.17, 15) is 9.00 Å². The predicted octanol–water partition coefficient (Wildman–Crippen LogP) is 3.31. The first-order valence-electron chi connectivity index (χ1n) is 6.45. The first-order chi connectivity index (χ1) is 8.51. The van der Waals surface area contributed by atoms with Crippen LogP contribution in [0.4, 0.5) is 0 Å². The fourth-order valence-corrected chi connectivity index (χ4v) is 3.17. The Labute approximate surface area is 112 Å². The molecule has 0 spiro atoms. The van der Waals surface area contributed by atoms with Crippen molar-refractivity contribution in [2.45, 2.75) is 45.8 Å². The second-order valence-electron chi connectivity index (χ2n) is 4.78. The molecule has 3 heteroatoms. The highest BCUT2D eigenvalue weighted by molar-refractivity contribution is 7.84. The molecule has 0 aliphatic carbocycles. The third kappa shape index (κ3) is 5.58. The van der Waals surface area contributed by atoms with E-state index in [0.29, 0.717) is 24.3 Å². The molecule has 0 N–H and O–H groups in total. The van der Waals surface area contributed by atoms with Crippen LogP contribution < -0.4 is 0 Å². The number of carbonyl (C=O) groups excluding carboxylic acids is 1. The van der Waals surface area contributed by atoms with Gasteiger partial charge in [-0.05, 0) is 25.8 Å². The first kappa shape index (κ1) is 15.1. The van der Waals surface area contributed by atoms with Gasteiger partial charge in [-0.25, -0.2) is 0 Å². The predicted molar refractivity (Wildman–Crippen MR) is 77.2 cm³/mol. The molecule has 1 unspecified atom stereocenters. The maximum atomic E-state index is 11.9. The van der Waals surface area contributed by atoms with Gasteiger partial charge in [0.05, 0.1) is 0 Å². The first-order valence-corrected chi connectivity index (χ1v) is 7.94. The molecule has 1 atom stereocenters. The van der Waals surface area contributed by atoms with Gasteiger partial charge in [-0.2, -0.15) is 0 Å². The van der Waals surface area contributed by atoms with Crippen molar-refractivity contribution in [2.75, 3.05) is 5.75 Å². The van der Waals surface area contributed by atoms with Gasteiger partial charge in [0.25, 0.3) is 0 Å². The number of Topliss-reactive ketones (excluding diaryl/α,β-unsaturated/α-hetero) is 1. The molecule has 0 fully saturated rings. The lowest BCUT2D eigenvalue weighted by Gasteiger charge is -2.05. The summed E-state index contributed by atoms with van der Waals surface area (Å²) in [7, 11) is -0.858. The van der Waals surface area contributed by atoms with Gasteiger partial charge in [-0.1, -0.05) is 36.2 Å². The van der Waals surface area contributed by atoms with Crippen molar-refractivity contribution in [3.8, 4) is 0 Å². The van der Waals surface area contributed by atoms with E-state index in [2.05, 4.69) is 32.0 Å². The van der Waals surface area contributed by atoms with Gasteiger partial charge >= 0.3 is 0 Å². The Balaban J connectivity index is 2.42. The number of benzene rings is 1. The summed E-state index contributed by atoms with van der Waals surface area (Å²) in [6.45, 7) is 5.98. The van der Waals surface area contributed by atoms with Crippen molar-refractivity contribution >= 4 is 16.6 Å². The molecule has 0 aromatic heterocycles. The zero-order chi connectivity index (χ0) is 13.5. The van der Waals surface area contributed by atoms with Crippen LogP contribution in [0.3, 0.4) is 0 Å². The summed E-state index contributed by atoms with van der Waals surface area (Å²) in [5, 5.41) is 0. The van der Waals surface area contributed by atoms with Crippen LogP contribution in [-0.4, -0.2) is 15.7 Å². The molecular formula is C15H22O2S. The van der Waals surface area contributed by atoms with Crippen molar-refractivity contribution in [3.05, 3.63) is 34.9 Å². The summed E-state index contributed by atoms with van der Waals surface area (Å²) in [6, 6.07) is 6.29. The minimum atomic E-state index is -0.858. The molecule has 1 rings (SSSR count). The second-order valence-corrected chi connectivity index (χ2v) is 6.36. The van der Waals surface area contributed by atoms with Gasteiger partial charge in [0.1, 0.15) is 5.78 Å². The highest BCUT2D eigenvalue weighted by atomic mass is 32.2. The third-order valence-electron chi connectivity index (χ3n) is 2.83. The Bertz CT molecular complexity index is 418. The fourth-order valence-electron chi connectivity index (χ4n) is 2.02. The number of hydrogen-bond donors (Lipinski definition) is 0. The Morgan fingerprint density at radius 2 is 1.78 bits per heavy atom. The molecule has 0 saturated carbocycles. The zero-order valence-corrected chi connectivity index (χ0v) is 12.3.